The molecule has 0 atom stereocenters. The number of hydrogen-bond donors (Lipinski definition) is 2. The first-order valence-electron chi connectivity index (χ1n) is 5.01. The monoisotopic (exact) mass is 348 g/mol. The number of halogens is 3. The number of carboxylic acid groups (broad SMARTS) is 1. The molecule has 1 aromatic carbocycles. The lowest BCUT2D eigenvalue weighted by Crippen LogP contribution is -2.02. The highest BCUT2D eigenvalue weighted by Crippen LogP contribution is 2.31. The van der Waals surface area contributed by atoms with E-state index in [0.717, 1.165) is 23.7 Å². The first-order valence-corrected chi connectivity index (χ1v) is 6.58. The molecule has 100 valence electrons. The fourth-order valence-electron chi connectivity index (χ4n) is 1.45. The predicted molar refractivity (Wildman–Crippen MR) is 71.2 cm³/mol. The smallest absolute Gasteiger partial charge is 0.340 e. The molecule has 1 heterocycles. The number of aromatic nitrogens is 1. The first kappa shape index (κ1) is 13.9. The van der Waals surface area contributed by atoms with Crippen molar-refractivity contribution in [1.29, 1.82) is 0 Å². The molecule has 0 aliphatic heterocycles. The Morgan fingerprint density at radius 3 is 2.74 bits per heavy atom. The van der Waals surface area contributed by atoms with Crippen LogP contribution in [0.15, 0.2) is 16.6 Å². The number of carbonyl (C=O) groups is 1. The molecule has 0 saturated carbocycles. The van der Waals surface area contributed by atoms with Crippen LogP contribution in [-0.2, 0) is 0 Å². The molecule has 0 saturated heterocycles. The molecule has 0 aliphatic carbocycles. The van der Waals surface area contributed by atoms with E-state index in [0.29, 0.717) is 5.69 Å². The van der Waals surface area contributed by atoms with Gasteiger partial charge in [-0.3, -0.25) is 0 Å². The Bertz CT molecular complexity index is 660. The van der Waals surface area contributed by atoms with Crippen LogP contribution in [0.4, 0.5) is 19.5 Å². The molecule has 19 heavy (non-hydrogen) atoms. The second-order valence-corrected chi connectivity index (χ2v) is 5.28. The summed E-state index contributed by atoms with van der Waals surface area (Å²) in [5.41, 5.74) is 0.123. The van der Waals surface area contributed by atoms with Gasteiger partial charge in [-0.05, 0) is 40.5 Å². The summed E-state index contributed by atoms with van der Waals surface area (Å²) in [6.07, 6.45) is 0. The Morgan fingerprint density at radius 1 is 1.42 bits per heavy atom. The van der Waals surface area contributed by atoms with E-state index in [1.165, 1.54) is 6.92 Å². The van der Waals surface area contributed by atoms with Crippen molar-refractivity contribution < 1.29 is 18.7 Å². The lowest BCUT2D eigenvalue weighted by atomic mass is 10.2. The molecule has 2 rings (SSSR count). The van der Waals surface area contributed by atoms with E-state index in [-0.39, 0.29) is 20.7 Å². The Morgan fingerprint density at radius 2 is 2.11 bits per heavy atom. The molecule has 0 bridgehead atoms. The van der Waals surface area contributed by atoms with E-state index < -0.39 is 17.6 Å². The normalized spacial score (nSPS) is 10.5. The maximum Gasteiger partial charge on any atom is 0.340 e. The molecule has 4 nitrogen and oxygen atoms in total. The number of benzene rings is 1. The highest BCUT2D eigenvalue weighted by atomic mass is 79.9. The van der Waals surface area contributed by atoms with Crippen molar-refractivity contribution in [2.75, 3.05) is 5.32 Å². The number of rotatable bonds is 3. The minimum absolute atomic E-state index is 0.00510. The van der Waals surface area contributed by atoms with Gasteiger partial charge in [-0.25, -0.2) is 13.6 Å². The summed E-state index contributed by atoms with van der Waals surface area (Å²) in [5.74, 6) is -2.52. The molecular formula is C11H7BrF2N2O2S. The van der Waals surface area contributed by atoms with Gasteiger partial charge < -0.3 is 10.4 Å². The van der Waals surface area contributed by atoms with E-state index in [4.69, 9.17) is 5.11 Å². The molecule has 0 unspecified atom stereocenters. The summed E-state index contributed by atoms with van der Waals surface area (Å²) >= 11 is 3.74. The van der Waals surface area contributed by atoms with Gasteiger partial charge in [0.05, 0.1) is 15.9 Å². The van der Waals surface area contributed by atoms with Gasteiger partial charge in [0, 0.05) is 6.07 Å². The molecule has 0 fully saturated rings. The topological polar surface area (TPSA) is 62.2 Å². The van der Waals surface area contributed by atoms with Crippen molar-refractivity contribution >= 4 is 44.1 Å². The SMILES string of the molecule is Cc1nsc(Nc2cc(F)c(Br)cc2F)c1C(=O)O. The second kappa shape index (κ2) is 5.22. The fraction of sp³-hybridized carbons (Fsp3) is 0.0909. The standard InChI is InChI=1S/C11H7BrF2N2O2S/c1-4-9(11(17)18)10(19-16-4)15-8-3-6(13)5(12)2-7(8)14/h2-3,15H,1H3,(H,17,18). The summed E-state index contributed by atoms with van der Waals surface area (Å²) in [6, 6.07) is 1.91. The third kappa shape index (κ3) is 2.74. The van der Waals surface area contributed by atoms with Gasteiger partial charge in [-0.15, -0.1) is 0 Å². The summed E-state index contributed by atoms with van der Waals surface area (Å²) in [6.45, 7) is 1.53. The Kier molecular flexibility index (Phi) is 3.81. The van der Waals surface area contributed by atoms with Gasteiger partial charge in [0.1, 0.15) is 22.2 Å². The minimum atomic E-state index is -1.17. The van der Waals surface area contributed by atoms with Crippen molar-refractivity contribution in [3.05, 3.63) is 39.5 Å². The number of nitrogens with one attached hydrogen (secondary N) is 1. The molecular weight excluding hydrogens is 342 g/mol. The maximum atomic E-state index is 13.6. The van der Waals surface area contributed by atoms with Crippen LogP contribution < -0.4 is 5.32 Å². The Hall–Kier alpha value is -1.54. The molecule has 8 heteroatoms. The van der Waals surface area contributed by atoms with Gasteiger partial charge >= 0.3 is 5.97 Å². The zero-order valence-corrected chi connectivity index (χ0v) is 11.9. The van der Waals surface area contributed by atoms with Crippen LogP contribution in [0.1, 0.15) is 16.1 Å². The predicted octanol–water partition coefficient (Wildman–Crippen LogP) is 3.93. The van der Waals surface area contributed by atoms with Crippen molar-refractivity contribution in [2.45, 2.75) is 6.92 Å². The van der Waals surface area contributed by atoms with Crippen LogP contribution in [0.2, 0.25) is 0 Å². The lowest BCUT2D eigenvalue weighted by Gasteiger charge is -2.07. The molecule has 0 radical (unpaired) electrons. The van der Waals surface area contributed by atoms with Crippen LogP contribution in [-0.4, -0.2) is 15.4 Å². The molecule has 2 aromatic rings. The minimum Gasteiger partial charge on any atom is -0.478 e. The third-order valence-corrected chi connectivity index (χ3v) is 3.80. The summed E-state index contributed by atoms with van der Waals surface area (Å²) in [4.78, 5) is 11.1. The van der Waals surface area contributed by atoms with Crippen LogP contribution in [0.3, 0.4) is 0 Å². The average Bonchev–Trinajstić information content (AvgIpc) is 2.67. The number of nitrogens with zero attached hydrogens (tertiary/aromatic N) is 1. The van der Waals surface area contributed by atoms with Gasteiger partial charge in [-0.2, -0.15) is 4.37 Å². The number of aromatic carboxylic acids is 1. The van der Waals surface area contributed by atoms with Gasteiger partial charge in [0.15, 0.2) is 0 Å². The average molecular weight is 349 g/mol. The molecule has 0 amide bonds. The number of hydrogen-bond acceptors (Lipinski definition) is 4. The van der Waals surface area contributed by atoms with Crippen molar-refractivity contribution in [3.63, 3.8) is 0 Å². The highest BCUT2D eigenvalue weighted by molar-refractivity contribution is 9.10. The first-order chi connectivity index (χ1) is 8.90. The quantitative estimate of drug-likeness (QED) is 0.825. The van der Waals surface area contributed by atoms with Crippen molar-refractivity contribution in [3.8, 4) is 0 Å². The lowest BCUT2D eigenvalue weighted by molar-refractivity contribution is 0.0697. The fourth-order valence-corrected chi connectivity index (χ4v) is 2.56. The van der Waals surface area contributed by atoms with E-state index in [1.807, 2.05) is 0 Å². The van der Waals surface area contributed by atoms with E-state index in [2.05, 4.69) is 25.6 Å². The van der Waals surface area contributed by atoms with Crippen LogP contribution in [0, 0.1) is 18.6 Å². The van der Waals surface area contributed by atoms with E-state index >= 15 is 0 Å². The third-order valence-electron chi connectivity index (χ3n) is 2.33. The summed E-state index contributed by atoms with van der Waals surface area (Å²) in [5, 5.41) is 11.7. The van der Waals surface area contributed by atoms with Crippen molar-refractivity contribution in [1.82, 2.24) is 4.37 Å². The Balaban J connectivity index is 2.42. The second-order valence-electron chi connectivity index (χ2n) is 3.65. The zero-order valence-electron chi connectivity index (χ0n) is 9.50. The van der Waals surface area contributed by atoms with Crippen LogP contribution >= 0.6 is 27.5 Å². The number of carboxylic acids is 1. The molecule has 0 aliphatic rings. The van der Waals surface area contributed by atoms with Crippen LogP contribution in [0.5, 0.6) is 0 Å². The van der Waals surface area contributed by atoms with E-state index in [9.17, 15) is 13.6 Å². The molecule has 2 N–H and O–H groups in total. The highest BCUT2D eigenvalue weighted by Gasteiger charge is 2.19. The summed E-state index contributed by atoms with van der Waals surface area (Å²) in [7, 11) is 0. The molecule has 1 aromatic heterocycles. The van der Waals surface area contributed by atoms with Gasteiger partial charge in [0.2, 0.25) is 0 Å². The number of aryl methyl sites for hydroxylation is 1. The summed E-state index contributed by atoms with van der Waals surface area (Å²) < 4.78 is 30.8. The van der Waals surface area contributed by atoms with Crippen LogP contribution in [0.25, 0.3) is 0 Å². The maximum absolute atomic E-state index is 13.6. The zero-order chi connectivity index (χ0) is 14.2. The van der Waals surface area contributed by atoms with Gasteiger partial charge in [0.25, 0.3) is 0 Å². The van der Waals surface area contributed by atoms with Crippen molar-refractivity contribution in [2.24, 2.45) is 0 Å². The largest absolute Gasteiger partial charge is 0.478 e. The Labute approximate surface area is 119 Å². The number of anilines is 2. The molecule has 0 spiro atoms. The van der Waals surface area contributed by atoms with E-state index in [1.54, 1.807) is 0 Å². The van der Waals surface area contributed by atoms with Gasteiger partial charge in [-0.1, -0.05) is 0 Å².